The molecule has 0 aliphatic carbocycles. The molecule has 1 fully saturated rings. The van der Waals surface area contributed by atoms with Gasteiger partial charge in [-0.2, -0.15) is 5.10 Å². The van der Waals surface area contributed by atoms with Crippen molar-refractivity contribution in [2.45, 2.75) is 65.0 Å². The first kappa shape index (κ1) is 18.7. The van der Waals surface area contributed by atoms with Crippen molar-refractivity contribution in [3.63, 3.8) is 0 Å². The Balaban J connectivity index is 1.77. The van der Waals surface area contributed by atoms with E-state index in [-0.39, 0.29) is 12.0 Å². The molecule has 3 rings (SSSR count). The normalized spacial score (nSPS) is 18.3. The van der Waals surface area contributed by atoms with Crippen LogP contribution in [-0.4, -0.2) is 56.8 Å². The fraction of sp³-hybridized carbons (Fsp3) is 0.737. The van der Waals surface area contributed by atoms with E-state index < -0.39 is 5.60 Å². The highest BCUT2D eigenvalue weighted by atomic mass is 16.6. The van der Waals surface area contributed by atoms with Crippen LogP contribution in [0.15, 0.2) is 0 Å². The minimum atomic E-state index is -0.516. The minimum Gasteiger partial charge on any atom is -0.444 e. The zero-order valence-electron chi connectivity index (χ0n) is 16.4. The quantitative estimate of drug-likeness (QED) is 0.770. The van der Waals surface area contributed by atoms with Gasteiger partial charge in [0.05, 0.1) is 12.2 Å². The van der Waals surface area contributed by atoms with E-state index >= 15 is 0 Å². The predicted octanol–water partition coefficient (Wildman–Crippen LogP) is 2.73. The van der Waals surface area contributed by atoms with Gasteiger partial charge in [0.25, 0.3) is 5.91 Å². The third-order valence-electron chi connectivity index (χ3n) is 4.99. The fourth-order valence-corrected chi connectivity index (χ4v) is 3.65. The first-order valence-corrected chi connectivity index (χ1v) is 9.58. The van der Waals surface area contributed by atoms with Crippen LogP contribution < -0.4 is 0 Å². The highest BCUT2D eigenvalue weighted by Gasteiger charge is 2.32. The molecule has 1 aromatic rings. The van der Waals surface area contributed by atoms with E-state index in [4.69, 9.17) is 4.74 Å². The summed E-state index contributed by atoms with van der Waals surface area (Å²) >= 11 is 0. The smallest absolute Gasteiger partial charge is 0.410 e. The molecule has 1 aromatic heterocycles. The van der Waals surface area contributed by atoms with E-state index in [1.54, 1.807) is 9.58 Å². The van der Waals surface area contributed by atoms with E-state index in [2.05, 4.69) is 5.10 Å². The van der Waals surface area contributed by atoms with Gasteiger partial charge in [0.1, 0.15) is 5.60 Å². The summed E-state index contributed by atoms with van der Waals surface area (Å²) < 4.78 is 7.22. The maximum absolute atomic E-state index is 13.0. The topological polar surface area (TPSA) is 67.7 Å². The van der Waals surface area contributed by atoms with E-state index in [0.717, 1.165) is 37.2 Å². The molecule has 0 spiro atoms. The van der Waals surface area contributed by atoms with Crippen molar-refractivity contribution in [3.05, 3.63) is 17.0 Å². The maximum Gasteiger partial charge on any atom is 0.410 e. The van der Waals surface area contributed by atoms with Crippen molar-refractivity contribution < 1.29 is 14.3 Å². The Labute approximate surface area is 155 Å². The van der Waals surface area contributed by atoms with E-state index in [1.807, 2.05) is 32.7 Å². The van der Waals surface area contributed by atoms with Crippen LogP contribution in [0.25, 0.3) is 0 Å². The lowest BCUT2D eigenvalue weighted by molar-refractivity contribution is 0.0219. The number of hydrogen-bond acceptors (Lipinski definition) is 4. The standard InChI is InChI=1S/C19H30N4O3/c1-19(2,3)26-18(25)23-12-9-14-15(13-23)21(4)20-16(14)17(24)22-10-7-5-6-8-11-22/h5-13H2,1-4H3. The van der Waals surface area contributed by atoms with Gasteiger partial charge in [-0.1, -0.05) is 12.8 Å². The Bertz CT molecular complexity index is 682. The number of aryl methyl sites for hydroxylation is 1. The molecule has 0 saturated carbocycles. The molecule has 0 unspecified atom stereocenters. The van der Waals surface area contributed by atoms with Crippen LogP contribution >= 0.6 is 0 Å². The summed E-state index contributed by atoms with van der Waals surface area (Å²) in [6, 6.07) is 0. The number of amides is 2. The molecule has 2 amide bonds. The van der Waals surface area contributed by atoms with Gasteiger partial charge in [0.15, 0.2) is 5.69 Å². The largest absolute Gasteiger partial charge is 0.444 e. The van der Waals surface area contributed by atoms with Gasteiger partial charge in [-0.05, 0) is 40.0 Å². The number of ether oxygens (including phenoxy) is 1. The van der Waals surface area contributed by atoms with Crippen molar-refractivity contribution in [3.8, 4) is 0 Å². The van der Waals surface area contributed by atoms with Crippen LogP contribution in [0.5, 0.6) is 0 Å². The Morgan fingerprint density at radius 3 is 2.27 bits per heavy atom. The van der Waals surface area contributed by atoms with Gasteiger partial charge >= 0.3 is 6.09 Å². The summed E-state index contributed by atoms with van der Waals surface area (Å²) in [6.45, 7) is 8.20. The molecule has 0 aromatic carbocycles. The Hall–Kier alpha value is -2.05. The summed E-state index contributed by atoms with van der Waals surface area (Å²) in [5.41, 5.74) is 1.97. The fourth-order valence-electron chi connectivity index (χ4n) is 3.65. The molecular weight excluding hydrogens is 332 g/mol. The van der Waals surface area contributed by atoms with Crippen molar-refractivity contribution in [2.24, 2.45) is 7.05 Å². The first-order chi connectivity index (χ1) is 12.3. The molecule has 26 heavy (non-hydrogen) atoms. The average Bonchev–Trinajstić information content (AvgIpc) is 2.76. The van der Waals surface area contributed by atoms with Gasteiger partial charge in [0, 0.05) is 32.2 Å². The molecular formula is C19H30N4O3. The van der Waals surface area contributed by atoms with Gasteiger partial charge in [0.2, 0.25) is 0 Å². The molecule has 7 nitrogen and oxygen atoms in total. The summed E-state index contributed by atoms with van der Waals surface area (Å²) in [5, 5.41) is 4.51. The van der Waals surface area contributed by atoms with Crippen LogP contribution in [0.2, 0.25) is 0 Å². The SMILES string of the molecule is Cn1nc(C(=O)N2CCCCCC2)c2c1CN(C(=O)OC(C)(C)C)CC2. The number of likely N-dealkylation sites (tertiary alicyclic amines) is 1. The summed E-state index contributed by atoms with van der Waals surface area (Å²) in [6.07, 6.45) is 4.83. The van der Waals surface area contributed by atoms with Crippen molar-refractivity contribution in [1.82, 2.24) is 19.6 Å². The molecule has 0 bridgehead atoms. The van der Waals surface area contributed by atoms with Gasteiger partial charge in [-0.15, -0.1) is 0 Å². The Morgan fingerprint density at radius 2 is 1.65 bits per heavy atom. The molecule has 2 aliphatic rings. The van der Waals surface area contributed by atoms with E-state index in [1.165, 1.54) is 12.8 Å². The number of fused-ring (bicyclic) bond motifs is 1. The van der Waals surface area contributed by atoms with Crippen LogP contribution in [0, 0.1) is 0 Å². The molecule has 2 aliphatic heterocycles. The number of carbonyl (C=O) groups excluding carboxylic acids is 2. The van der Waals surface area contributed by atoms with Gasteiger partial charge < -0.3 is 14.5 Å². The molecule has 0 atom stereocenters. The third kappa shape index (κ3) is 4.02. The number of aromatic nitrogens is 2. The summed E-state index contributed by atoms with van der Waals surface area (Å²) in [4.78, 5) is 29.0. The Kier molecular flexibility index (Phi) is 5.25. The lowest BCUT2D eigenvalue weighted by Gasteiger charge is -2.30. The number of nitrogens with zero attached hydrogens (tertiary/aromatic N) is 4. The molecule has 3 heterocycles. The van der Waals surface area contributed by atoms with Crippen LogP contribution in [-0.2, 0) is 24.8 Å². The first-order valence-electron chi connectivity index (χ1n) is 9.58. The van der Waals surface area contributed by atoms with Crippen LogP contribution in [0.3, 0.4) is 0 Å². The maximum atomic E-state index is 13.0. The highest BCUT2D eigenvalue weighted by molar-refractivity contribution is 5.94. The number of rotatable bonds is 1. The van der Waals surface area contributed by atoms with Crippen LogP contribution in [0.4, 0.5) is 4.79 Å². The van der Waals surface area contributed by atoms with E-state index in [9.17, 15) is 9.59 Å². The molecule has 1 saturated heterocycles. The van der Waals surface area contributed by atoms with Crippen molar-refractivity contribution in [1.29, 1.82) is 0 Å². The van der Waals surface area contributed by atoms with Crippen molar-refractivity contribution >= 4 is 12.0 Å². The zero-order valence-corrected chi connectivity index (χ0v) is 16.4. The summed E-state index contributed by atoms with van der Waals surface area (Å²) in [5.74, 6) is 0.0365. The molecule has 144 valence electrons. The second-order valence-corrected chi connectivity index (χ2v) is 8.26. The summed E-state index contributed by atoms with van der Waals surface area (Å²) in [7, 11) is 1.84. The average molecular weight is 362 g/mol. The Morgan fingerprint density at radius 1 is 1.00 bits per heavy atom. The monoisotopic (exact) mass is 362 g/mol. The van der Waals surface area contributed by atoms with Gasteiger partial charge in [-0.3, -0.25) is 9.48 Å². The lowest BCUT2D eigenvalue weighted by Crippen LogP contribution is -2.40. The lowest BCUT2D eigenvalue weighted by atomic mass is 10.0. The second-order valence-electron chi connectivity index (χ2n) is 8.26. The predicted molar refractivity (Wildman–Crippen MR) is 97.9 cm³/mol. The van der Waals surface area contributed by atoms with Crippen LogP contribution in [0.1, 0.15) is 68.2 Å². The zero-order chi connectivity index (χ0) is 18.9. The van der Waals surface area contributed by atoms with Crippen molar-refractivity contribution in [2.75, 3.05) is 19.6 Å². The number of carbonyl (C=O) groups is 2. The molecule has 0 radical (unpaired) electrons. The second kappa shape index (κ2) is 7.29. The van der Waals surface area contributed by atoms with Gasteiger partial charge in [-0.25, -0.2) is 4.79 Å². The molecule has 0 N–H and O–H groups in total. The molecule has 7 heteroatoms. The highest BCUT2D eigenvalue weighted by Crippen LogP contribution is 2.25. The number of hydrogen-bond donors (Lipinski definition) is 0. The third-order valence-corrected chi connectivity index (χ3v) is 4.99. The minimum absolute atomic E-state index is 0.0365. The van der Waals surface area contributed by atoms with E-state index in [0.29, 0.717) is 25.2 Å².